The van der Waals surface area contributed by atoms with Crippen molar-refractivity contribution in [3.63, 3.8) is 0 Å². The second-order valence-corrected chi connectivity index (χ2v) is 12.2. The molecule has 0 saturated heterocycles. The molecule has 0 unspecified atom stereocenters. The molecule has 0 amide bonds. The normalized spacial score (nSPS) is 15.0. The zero-order chi connectivity index (χ0) is 28.7. The minimum absolute atomic E-state index is 0.0242. The van der Waals surface area contributed by atoms with Gasteiger partial charge in [-0.2, -0.15) is 0 Å². The molecule has 0 N–H and O–H groups in total. The van der Waals surface area contributed by atoms with Crippen LogP contribution in [0.5, 0.6) is 0 Å². The van der Waals surface area contributed by atoms with E-state index in [1.807, 2.05) is 25.2 Å². The Labute approximate surface area is 236 Å². The maximum atomic E-state index is 6.61. The van der Waals surface area contributed by atoms with Gasteiger partial charge in [0.05, 0.1) is 19.8 Å². The molecule has 212 valence electrons. The monoisotopic (exact) mass is 532 g/mol. The van der Waals surface area contributed by atoms with E-state index in [-0.39, 0.29) is 10.8 Å². The molecule has 1 aliphatic carbocycles. The fourth-order valence-electron chi connectivity index (χ4n) is 4.95. The van der Waals surface area contributed by atoms with Crippen molar-refractivity contribution in [1.29, 1.82) is 0 Å². The third-order valence-electron chi connectivity index (χ3n) is 7.09. The molecule has 0 atom stereocenters. The van der Waals surface area contributed by atoms with Crippen LogP contribution in [0.3, 0.4) is 0 Å². The smallest absolute Gasteiger partial charge is 0.180 e. The summed E-state index contributed by atoms with van der Waals surface area (Å²) in [5.41, 5.74) is 6.92. The van der Waals surface area contributed by atoms with Gasteiger partial charge in [0.25, 0.3) is 0 Å². The van der Waals surface area contributed by atoms with E-state index in [1.165, 1.54) is 11.1 Å². The van der Waals surface area contributed by atoms with Crippen molar-refractivity contribution in [3.05, 3.63) is 95.1 Å². The molecule has 3 rings (SSSR count). The first kappa shape index (κ1) is 31.0. The minimum atomic E-state index is -0.960. The first-order chi connectivity index (χ1) is 18.5. The lowest BCUT2D eigenvalue weighted by atomic mass is 9.78. The highest BCUT2D eigenvalue weighted by Crippen LogP contribution is 2.55. The molecule has 0 bridgehead atoms. The molecule has 2 aromatic carbocycles. The highest BCUT2D eigenvalue weighted by atomic mass is 17.2. The van der Waals surface area contributed by atoms with Gasteiger partial charge in [-0.15, -0.1) is 0 Å². The fraction of sp³-hybridized carbons (Fsp3) is 0.486. The van der Waals surface area contributed by atoms with Crippen molar-refractivity contribution in [1.82, 2.24) is 0 Å². The third-order valence-corrected chi connectivity index (χ3v) is 7.09. The van der Waals surface area contributed by atoms with E-state index in [0.717, 1.165) is 40.9 Å². The van der Waals surface area contributed by atoms with Crippen LogP contribution >= 0.6 is 0 Å². The molecular weight excluding hydrogens is 484 g/mol. The van der Waals surface area contributed by atoms with Gasteiger partial charge in [0.2, 0.25) is 0 Å². The molecule has 0 fully saturated rings. The highest BCUT2D eigenvalue weighted by Gasteiger charge is 2.49. The average Bonchev–Trinajstić information content (AvgIpc) is 3.16. The van der Waals surface area contributed by atoms with Gasteiger partial charge in [-0.3, -0.25) is 0 Å². The van der Waals surface area contributed by atoms with Crippen LogP contribution in [0.15, 0.2) is 72.9 Å². The number of ether oxygens (including phenoxy) is 2. The van der Waals surface area contributed by atoms with Gasteiger partial charge in [-0.1, -0.05) is 116 Å². The van der Waals surface area contributed by atoms with Crippen molar-refractivity contribution < 1.29 is 19.2 Å². The summed E-state index contributed by atoms with van der Waals surface area (Å²) in [6.07, 6.45) is 8.98. The number of fused-ring (bicyclic) bond motifs is 3. The van der Waals surface area contributed by atoms with Crippen LogP contribution in [-0.4, -0.2) is 33.0 Å². The van der Waals surface area contributed by atoms with Gasteiger partial charge in [-0.05, 0) is 52.0 Å². The van der Waals surface area contributed by atoms with Crippen molar-refractivity contribution in [2.75, 3.05) is 33.0 Å². The number of hydrogen-bond donors (Lipinski definition) is 0. The lowest BCUT2D eigenvalue weighted by Gasteiger charge is -2.34. The van der Waals surface area contributed by atoms with Crippen LogP contribution in [0.25, 0.3) is 11.1 Å². The van der Waals surface area contributed by atoms with E-state index in [9.17, 15) is 0 Å². The summed E-state index contributed by atoms with van der Waals surface area (Å²) in [5.74, 6) is 0. The number of allylic oxidation sites excluding steroid dienone is 3. The lowest BCUT2D eigenvalue weighted by Crippen LogP contribution is -2.32. The summed E-state index contributed by atoms with van der Waals surface area (Å²) in [4.78, 5) is 12.6. The standard InChI is InChI=1S/C35H48O4/c1-10-13-26(14-11-2)35(39-38-23-22-37-21-20-36-19-12-3)31-24-27(33(4,5)6)15-17-29(31)30-18-16-28(25-32(30)35)34(7,8)9/h10-11,13-18,24-25H,1,12,19-23H2,2-9H3/b14-11-,26-13+. The van der Waals surface area contributed by atoms with Crippen LogP contribution in [-0.2, 0) is 35.7 Å². The summed E-state index contributed by atoms with van der Waals surface area (Å²) in [6.45, 7) is 24.1. The predicted octanol–water partition coefficient (Wildman–Crippen LogP) is 8.59. The maximum absolute atomic E-state index is 6.61. The average molecular weight is 533 g/mol. The Morgan fingerprint density at radius 2 is 1.31 bits per heavy atom. The summed E-state index contributed by atoms with van der Waals surface area (Å²) in [5, 5.41) is 0. The SMILES string of the molecule is C=C/C=C(\C=C/C)C1(OOCCOCCOCCC)c2cc(C(C)(C)C)ccc2-c2ccc(C(C)(C)C)cc21. The number of rotatable bonds is 13. The molecular formula is C35H48O4. The van der Waals surface area contributed by atoms with E-state index in [2.05, 4.69) is 97.5 Å². The Bertz CT molecular complexity index is 1110. The summed E-state index contributed by atoms with van der Waals surface area (Å²) in [6, 6.07) is 13.5. The molecule has 0 heterocycles. The van der Waals surface area contributed by atoms with E-state index < -0.39 is 5.60 Å². The van der Waals surface area contributed by atoms with Crippen molar-refractivity contribution >= 4 is 0 Å². The maximum Gasteiger partial charge on any atom is 0.180 e. The first-order valence-corrected chi connectivity index (χ1v) is 14.2. The first-order valence-electron chi connectivity index (χ1n) is 14.2. The zero-order valence-corrected chi connectivity index (χ0v) is 25.4. The molecule has 1 aliphatic rings. The molecule has 4 nitrogen and oxygen atoms in total. The molecule has 2 aromatic rings. The Hall–Kier alpha value is -2.50. The highest BCUT2D eigenvalue weighted by molar-refractivity contribution is 5.83. The molecule has 0 saturated carbocycles. The summed E-state index contributed by atoms with van der Waals surface area (Å²) in [7, 11) is 0. The molecule has 0 aromatic heterocycles. The van der Waals surface area contributed by atoms with E-state index in [0.29, 0.717) is 26.4 Å². The van der Waals surface area contributed by atoms with Crippen LogP contribution < -0.4 is 0 Å². The number of hydrogen-bond acceptors (Lipinski definition) is 4. The van der Waals surface area contributed by atoms with Gasteiger partial charge in [0.15, 0.2) is 5.60 Å². The van der Waals surface area contributed by atoms with Crippen molar-refractivity contribution in [3.8, 4) is 11.1 Å². The second kappa shape index (κ2) is 13.2. The molecule has 39 heavy (non-hydrogen) atoms. The third kappa shape index (κ3) is 6.99. The Kier molecular flexibility index (Phi) is 10.5. The van der Waals surface area contributed by atoms with Gasteiger partial charge in [0.1, 0.15) is 6.61 Å². The minimum Gasteiger partial charge on any atom is -0.379 e. The quantitative estimate of drug-likeness (QED) is 0.112. The van der Waals surface area contributed by atoms with Crippen LogP contribution in [0.1, 0.15) is 84.1 Å². The van der Waals surface area contributed by atoms with Gasteiger partial charge in [0, 0.05) is 17.7 Å². The van der Waals surface area contributed by atoms with E-state index in [4.69, 9.17) is 19.2 Å². The topological polar surface area (TPSA) is 36.9 Å². The number of benzene rings is 2. The molecule has 4 heteroatoms. The second-order valence-electron chi connectivity index (χ2n) is 12.2. The Morgan fingerprint density at radius 3 is 1.77 bits per heavy atom. The van der Waals surface area contributed by atoms with Gasteiger partial charge >= 0.3 is 0 Å². The zero-order valence-electron chi connectivity index (χ0n) is 25.4. The van der Waals surface area contributed by atoms with Crippen molar-refractivity contribution in [2.24, 2.45) is 0 Å². The lowest BCUT2D eigenvalue weighted by molar-refractivity contribution is -0.347. The molecule has 0 radical (unpaired) electrons. The molecule has 0 spiro atoms. The molecule has 0 aliphatic heterocycles. The fourth-order valence-corrected chi connectivity index (χ4v) is 4.95. The van der Waals surface area contributed by atoms with Crippen LogP contribution in [0.2, 0.25) is 0 Å². The van der Waals surface area contributed by atoms with Gasteiger partial charge in [-0.25, -0.2) is 9.78 Å². The van der Waals surface area contributed by atoms with Crippen LogP contribution in [0.4, 0.5) is 0 Å². The Balaban J connectivity index is 2.11. The van der Waals surface area contributed by atoms with Gasteiger partial charge < -0.3 is 9.47 Å². The predicted molar refractivity (Wildman–Crippen MR) is 162 cm³/mol. The van der Waals surface area contributed by atoms with E-state index >= 15 is 0 Å². The van der Waals surface area contributed by atoms with E-state index in [1.54, 1.807) is 0 Å². The van der Waals surface area contributed by atoms with Crippen LogP contribution in [0, 0.1) is 0 Å². The Morgan fingerprint density at radius 1 is 0.795 bits per heavy atom. The summed E-state index contributed by atoms with van der Waals surface area (Å²) >= 11 is 0. The largest absolute Gasteiger partial charge is 0.379 e. The summed E-state index contributed by atoms with van der Waals surface area (Å²) < 4.78 is 11.2. The van der Waals surface area contributed by atoms with Crippen molar-refractivity contribution in [2.45, 2.75) is 78.2 Å².